The van der Waals surface area contributed by atoms with Gasteiger partial charge in [-0.1, -0.05) is 30.3 Å². The lowest BCUT2D eigenvalue weighted by molar-refractivity contribution is 0.394. The Labute approximate surface area is 121 Å². The molecule has 0 aromatic heterocycles. The maximum Gasteiger partial charge on any atom is 0.126 e. The molecule has 3 heteroatoms. The summed E-state index contributed by atoms with van der Waals surface area (Å²) in [7, 11) is 5.94. The Bertz CT molecular complexity index is 552. The molecule has 0 spiro atoms. The minimum atomic E-state index is 0.901. The zero-order valence-electron chi connectivity index (χ0n) is 12.6. The second kappa shape index (κ2) is 7.27. The molecule has 20 heavy (non-hydrogen) atoms. The van der Waals surface area contributed by atoms with Crippen molar-refractivity contribution in [3.05, 3.63) is 42.0 Å². The molecule has 0 atom stereocenters. The Balaban J connectivity index is 2.03. The van der Waals surface area contributed by atoms with Crippen molar-refractivity contribution >= 4 is 10.8 Å². The number of hydrogen-bond donors (Lipinski definition) is 1. The topological polar surface area (TPSA) is 24.5 Å². The molecule has 0 unspecified atom stereocenters. The Morgan fingerprint density at radius 3 is 2.50 bits per heavy atom. The van der Waals surface area contributed by atoms with Crippen molar-refractivity contribution in [1.82, 2.24) is 10.2 Å². The highest BCUT2D eigenvalue weighted by Crippen LogP contribution is 2.28. The fourth-order valence-corrected chi connectivity index (χ4v) is 2.41. The lowest BCUT2D eigenvalue weighted by atomic mass is 10.0. The monoisotopic (exact) mass is 272 g/mol. The van der Waals surface area contributed by atoms with Crippen LogP contribution in [0.5, 0.6) is 5.75 Å². The molecule has 0 saturated carbocycles. The summed E-state index contributed by atoms with van der Waals surface area (Å²) in [6, 6.07) is 12.6. The fourth-order valence-electron chi connectivity index (χ4n) is 2.41. The van der Waals surface area contributed by atoms with Crippen LogP contribution in [-0.4, -0.2) is 39.2 Å². The van der Waals surface area contributed by atoms with Crippen LogP contribution in [0.1, 0.15) is 12.0 Å². The molecule has 108 valence electrons. The first-order valence-corrected chi connectivity index (χ1v) is 7.12. The van der Waals surface area contributed by atoms with Crippen LogP contribution in [0.3, 0.4) is 0 Å². The number of rotatable bonds is 7. The third-order valence-electron chi connectivity index (χ3n) is 3.47. The maximum absolute atomic E-state index is 5.43. The minimum Gasteiger partial charge on any atom is -0.496 e. The van der Waals surface area contributed by atoms with Crippen LogP contribution in [0, 0.1) is 0 Å². The van der Waals surface area contributed by atoms with Crippen LogP contribution in [-0.2, 0) is 6.54 Å². The van der Waals surface area contributed by atoms with E-state index in [-0.39, 0.29) is 0 Å². The van der Waals surface area contributed by atoms with Crippen LogP contribution in [0.2, 0.25) is 0 Å². The molecule has 0 aliphatic rings. The minimum absolute atomic E-state index is 0.901. The average Bonchev–Trinajstić information content (AvgIpc) is 2.46. The summed E-state index contributed by atoms with van der Waals surface area (Å²) in [5.41, 5.74) is 1.33. The van der Waals surface area contributed by atoms with Gasteiger partial charge in [0.2, 0.25) is 0 Å². The molecule has 0 saturated heterocycles. The number of ether oxygens (including phenoxy) is 1. The number of nitrogens with zero attached hydrogens (tertiary/aromatic N) is 1. The lowest BCUT2D eigenvalue weighted by Crippen LogP contribution is -2.21. The molecule has 0 aliphatic carbocycles. The van der Waals surface area contributed by atoms with E-state index in [1.54, 1.807) is 7.11 Å². The SMILES string of the molecule is COc1ccc(CNCCCN(C)C)c2ccccc12. The van der Waals surface area contributed by atoms with Crippen molar-refractivity contribution < 1.29 is 4.74 Å². The number of benzene rings is 2. The van der Waals surface area contributed by atoms with Crippen molar-refractivity contribution in [1.29, 1.82) is 0 Å². The Kier molecular flexibility index (Phi) is 5.39. The van der Waals surface area contributed by atoms with E-state index in [0.717, 1.165) is 25.4 Å². The standard InChI is InChI=1S/C17H24N2O/c1-19(2)12-6-11-18-13-14-9-10-17(20-3)16-8-5-4-7-15(14)16/h4-5,7-10,18H,6,11-13H2,1-3H3. The van der Waals surface area contributed by atoms with Crippen LogP contribution in [0.15, 0.2) is 36.4 Å². The lowest BCUT2D eigenvalue weighted by Gasteiger charge is -2.12. The second-order valence-corrected chi connectivity index (χ2v) is 5.31. The van der Waals surface area contributed by atoms with E-state index in [0.29, 0.717) is 0 Å². The number of fused-ring (bicyclic) bond motifs is 1. The van der Waals surface area contributed by atoms with Gasteiger partial charge in [-0.3, -0.25) is 0 Å². The van der Waals surface area contributed by atoms with E-state index in [1.165, 1.54) is 22.8 Å². The largest absolute Gasteiger partial charge is 0.496 e. The quantitative estimate of drug-likeness (QED) is 0.784. The molecule has 0 fully saturated rings. The number of hydrogen-bond acceptors (Lipinski definition) is 3. The molecule has 0 amide bonds. The molecule has 2 aromatic rings. The zero-order valence-corrected chi connectivity index (χ0v) is 12.6. The van der Waals surface area contributed by atoms with Crippen LogP contribution in [0.25, 0.3) is 10.8 Å². The van der Waals surface area contributed by atoms with Crippen LogP contribution < -0.4 is 10.1 Å². The number of nitrogens with one attached hydrogen (secondary N) is 1. The average molecular weight is 272 g/mol. The van der Waals surface area contributed by atoms with Crippen molar-refractivity contribution in [3.63, 3.8) is 0 Å². The molecule has 3 nitrogen and oxygen atoms in total. The van der Waals surface area contributed by atoms with Crippen LogP contribution >= 0.6 is 0 Å². The molecule has 1 N–H and O–H groups in total. The molecule has 0 radical (unpaired) electrons. The first-order valence-electron chi connectivity index (χ1n) is 7.12. The molecular weight excluding hydrogens is 248 g/mol. The van der Waals surface area contributed by atoms with Crippen LogP contribution in [0.4, 0.5) is 0 Å². The van der Waals surface area contributed by atoms with Gasteiger partial charge in [0.1, 0.15) is 5.75 Å². The van der Waals surface area contributed by atoms with E-state index in [1.807, 2.05) is 0 Å². The van der Waals surface area contributed by atoms with Gasteiger partial charge in [-0.25, -0.2) is 0 Å². The van der Waals surface area contributed by atoms with E-state index in [2.05, 4.69) is 60.7 Å². The zero-order chi connectivity index (χ0) is 14.4. The van der Waals surface area contributed by atoms with Crippen molar-refractivity contribution in [3.8, 4) is 5.75 Å². The summed E-state index contributed by atoms with van der Waals surface area (Å²) in [6.45, 7) is 3.06. The molecular formula is C17H24N2O. The predicted octanol–water partition coefficient (Wildman–Crippen LogP) is 2.89. The summed E-state index contributed by atoms with van der Waals surface area (Å²) >= 11 is 0. The van der Waals surface area contributed by atoms with Gasteiger partial charge in [0.25, 0.3) is 0 Å². The second-order valence-electron chi connectivity index (χ2n) is 5.31. The third kappa shape index (κ3) is 3.71. The molecule has 0 bridgehead atoms. The third-order valence-corrected chi connectivity index (χ3v) is 3.47. The first kappa shape index (κ1) is 14.8. The maximum atomic E-state index is 5.43. The Morgan fingerprint density at radius 2 is 1.80 bits per heavy atom. The highest BCUT2D eigenvalue weighted by molar-refractivity contribution is 5.91. The van der Waals surface area contributed by atoms with Gasteiger partial charge in [0.05, 0.1) is 7.11 Å². The Morgan fingerprint density at radius 1 is 1.05 bits per heavy atom. The highest BCUT2D eigenvalue weighted by atomic mass is 16.5. The summed E-state index contributed by atoms with van der Waals surface area (Å²) in [5, 5.41) is 5.97. The highest BCUT2D eigenvalue weighted by Gasteiger charge is 2.05. The van der Waals surface area contributed by atoms with E-state index in [9.17, 15) is 0 Å². The fraction of sp³-hybridized carbons (Fsp3) is 0.412. The van der Waals surface area contributed by atoms with E-state index >= 15 is 0 Å². The van der Waals surface area contributed by atoms with E-state index < -0.39 is 0 Å². The summed E-state index contributed by atoms with van der Waals surface area (Å²) in [4.78, 5) is 2.21. The predicted molar refractivity (Wildman–Crippen MR) is 85.4 cm³/mol. The van der Waals surface area contributed by atoms with Gasteiger partial charge in [-0.15, -0.1) is 0 Å². The molecule has 0 heterocycles. The number of methoxy groups -OCH3 is 1. The smallest absolute Gasteiger partial charge is 0.126 e. The summed E-state index contributed by atoms with van der Waals surface area (Å²) < 4.78 is 5.43. The molecule has 0 aliphatic heterocycles. The van der Waals surface area contributed by atoms with Gasteiger partial charge >= 0.3 is 0 Å². The van der Waals surface area contributed by atoms with E-state index in [4.69, 9.17) is 4.74 Å². The molecule has 2 rings (SSSR count). The van der Waals surface area contributed by atoms with Crippen molar-refractivity contribution in [2.24, 2.45) is 0 Å². The van der Waals surface area contributed by atoms with Crippen molar-refractivity contribution in [2.45, 2.75) is 13.0 Å². The molecule has 2 aromatic carbocycles. The summed E-state index contributed by atoms with van der Waals surface area (Å²) in [6.07, 6.45) is 1.17. The van der Waals surface area contributed by atoms with Gasteiger partial charge < -0.3 is 15.0 Å². The Hall–Kier alpha value is -1.58. The summed E-state index contributed by atoms with van der Waals surface area (Å²) in [5.74, 6) is 0.942. The van der Waals surface area contributed by atoms with Gasteiger partial charge in [0, 0.05) is 11.9 Å². The van der Waals surface area contributed by atoms with Crippen molar-refractivity contribution in [2.75, 3.05) is 34.3 Å². The van der Waals surface area contributed by atoms with Gasteiger partial charge in [-0.2, -0.15) is 0 Å². The van der Waals surface area contributed by atoms with Gasteiger partial charge in [-0.05, 0) is 50.6 Å². The normalized spacial score (nSPS) is 11.2. The first-order chi connectivity index (χ1) is 9.72. The van der Waals surface area contributed by atoms with Gasteiger partial charge in [0.15, 0.2) is 0 Å².